The molecule has 1 aromatic rings. The number of rotatable bonds is 7. The lowest BCUT2D eigenvalue weighted by molar-refractivity contribution is 0.0169. The third-order valence-electron chi connectivity index (χ3n) is 6.93. The van der Waals surface area contributed by atoms with Crippen LogP contribution in [0.3, 0.4) is 0 Å². The molecule has 3 fully saturated rings. The Hall–Kier alpha value is -1.11. The number of likely N-dealkylation sites (tertiary alicyclic amines) is 1. The number of hydrogen-bond acceptors (Lipinski definition) is 4. The fraction of sp³-hybridized carbons (Fsp3) is 0.714. The maximum Gasteiger partial charge on any atom is 0.229 e. The van der Waals surface area contributed by atoms with E-state index in [1.165, 1.54) is 43.9 Å². The number of sulfonamides is 1. The molecule has 2 unspecified atom stereocenters. The zero-order valence-electron chi connectivity index (χ0n) is 16.5. The Morgan fingerprint density at radius 3 is 2.56 bits per heavy atom. The summed E-state index contributed by atoms with van der Waals surface area (Å²) in [5.41, 5.74) is 2.10. The lowest BCUT2D eigenvalue weighted by atomic mass is 9.92. The van der Waals surface area contributed by atoms with Crippen LogP contribution in [0.4, 0.5) is 5.69 Å². The molecule has 150 valence electrons. The summed E-state index contributed by atoms with van der Waals surface area (Å²) in [6.07, 6.45) is 8.18. The second kappa shape index (κ2) is 7.37. The number of nitrogens with zero attached hydrogens (tertiary/aromatic N) is 1. The van der Waals surface area contributed by atoms with Gasteiger partial charge in [-0.05, 0) is 42.4 Å². The van der Waals surface area contributed by atoms with Crippen molar-refractivity contribution in [2.75, 3.05) is 37.2 Å². The van der Waals surface area contributed by atoms with Crippen molar-refractivity contribution in [2.45, 2.75) is 50.5 Å². The van der Waals surface area contributed by atoms with Crippen LogP contribution in [0, 0.1) is 11.8 Å². The van der Waals surface area contributed by atoms with Crippen LogP contribution in [0.25, 0.3) is 0 Å². The molecule has 2 atom stereocenters. The molecule has 1 saturated heterocycles. The van der Waals surface area contributed by atoms with Gasteiger partial charge in [-0.15, -0.1) is 0 Å². The highest BCUT2D eigenvalue weighted by Crippen LogP contribution is 2.63. The molecule has 4 rings (SSSR count). The quantitative estimate of drug-likeness (QED) is 0.774. The van der Waals surface area contributed by atoms with Crippen molar-refractivity contribution in [3.63, 3.8) is 0 Å². The van der Waals surface area contributed by atoms with Crippen LogP contribution in [0.15, 0.2) is 24.3 Å². The van der Waals surface area contributed by atoms with E-state index in [9.17, 15) is 8.42 Å². The van der Waals surface area contributed by atoms with E-state index in [1.54, 1.807) is 0 Å². The van der Waals surface area contributed by atoms with Crippen molar-refractivity contribution >= 4 is 15.7 Å². The molecule has 1 aromatic carbocycles. The van der Waals surface area contributed by atoms with Gasteiger partial charge in [0.15, 0.2) is 0 Å². The van der Waals surface area contributed by atoms with E-state index in [0.717, 1.165) is 26.2 Å². The molecule has 6 heteroatoms. The summed E-state index contributed by atoms with van der Waals surface area (Å²) in [4.78, 5) is 2.54. The topological polar surface area (TPSA) is 58.6 Å². The van der Waals surface area contributed by atoms with Gasteiger partial charge in [-0.25, -0.2) is 8.42 Å². The number of fused-ring (bicyclic) bond motifs is 1. The Labute approximate surface area is 163 Å². The van der Waals surface area contributed by atoms with Gasteiger partial charge in [-0.2, -0.15) is 0 Å². The van der Waals surface area contributed by atoms with Gasteiger partial charge in [0.2, 0.25) is 10.0 Å². The Morgan fingerprint density at radius 1 is 1.19 bits per heavy atom. The van der Waals surface area contributed by atoms with E-state index in [-0.39, 0.29) is 5.41 Å². The number of nitrogens with one attached hydrogen (secondary N) is 1. The maximum atomic E-state index is 11.5. The zero-order chi connectivity index (χ0) is 19.1. The molecular weight excluding hydrogens is 360 g/mol. The monoisotopic (exact) mass is 392 g/mol. The van der Waals surface area contributed by atoms with Gasteiger partial charge in [0.1, 0.15) is 0 Å². The van der Waals surface area contributed by atoms with Crippen LogP contribution in [-0.4, -0.2) is 51.9 Å². The van der Waals surface area contributed by atoms with Gasteiger partial charge in [0.25, 0.3) is 0 Å². The van der Waals surface area contributed by atoms with E-state index in [2.05, 4.69) is 22.6 Å². The molecule has 0 bridgehead atoms. The molecule has 2 aliphatic carbocycles. The van der Waals surface area contributed by atoms with Gasteiger partial charge >= 0.3 is 0 Å². The van der Waals surface area contributed by atoms with Gasteiger partial charge in [-0.1, -0.05) is 38.3 Å². The van der Waals surface area contributed by atoms with Crippen LogP contribution in [0.5, 0.6) is 0 Å². The first kappa shape index (κ1) is 19.2. The summed E-state index contributed by atoms with van der Waals surface area (Å²) in [6.45, 7) is 6.47. The summed E-state index contributed by atoms with van der Waals surface area (Å²) >= 11 is 0. The minimum atomic E-state index is -3.24. The Kier molecular flexibility index (Phi) is 5.25. The molecule has 1 aliphatic heterocycles. The fourth-order valence-electron chi connectivity index (χ4n) is 5.29. The SMILES string of the molecule is CC1(c2cccc(NS(C)(=O)=O)c2)C2CN(CCOC3CCCCC3)CC21. The molecule has 0 aromatic heterocycles. The normalized spacial score (nSPS) is 31.6. The number of anilines is 1. The maximum absolute atomic E-state index is 11.5. The van der Waals surface area contributed by atoms with E-state index < -0.39 is 10.0 Å². The lowest BCUT2D eigenvalue weighted by Crippen LogP contribution is -2.33. The molecule has 2 saturated carbocycles. The third kappa shape index (κ3) is 4.17. The molecule has 27 heavy (non-hydrogen) atoms. The van der Waals surface area contributed by atoms with E-state index >= 15 is 0 Å². The van der Waals surface area contributed by atoms with Crippen LogP contribution in [0.2, 0.25) is 0 Å². The average molecular weight is 393 g/mol. The second-order valence-electron chi connectivity index (χ2n) is 8.84. The van der Waals surface area contributed by atoms with E-state index in [4.69, 9.17) is 4.74 Å². The molecule has 5 nitrogen and oxygen atoms in total. The first-order chi connectivity index (χ1) is 12.9. The molecule has 1 heterocycles. The largest absolute Gasteiger partial charge is 0.377 e. The smallest absolute Gasteiger partial charge is 0.229 e. The number of benzene rings is 1. The van der Waals surface area contributed by atoms with Crippen LogP contribution < -0.4 is 4.72 Å². The standard InChI is InChI=1S/C21H32N2O3S/c1-21(16-7-6-8-17(13-16)22-27(2,24)25)19-14-23(15-20(19)21)11-12-26-18-9-4-3-5-10-18/h6-8,13,18-20,22H,3-5,9-12,14-15H2,1-2H3. The highest BCUT2D eigenvalue weighted by molar-refractivity contribution is 7.92. The Morgan fingerprint density at radius 2 is 1.89 bits per heavy atom. The average Bonchev–Trinajstić information content (AvgIpc) is 2.98. The first-order valence-electron chi connectivity index (χ1n) is 10.3. The van der Waals surface area contributed by atoms with Gasteiger partial charge in [0, 0.05) is 30.7 Å². The number of hydrogen-bond donors (Lipinski definition) is 1. The minimum Gasteiger partial charge on any atom is -0.377 e. The summed E-state index contributed by atoms with van der Waals surface area (Å²) in [5, 5.41) is 0. The van der Waals surface area contributed by atoms with Crippen molar-refractivity contribution in [1.82, 2.24) is 4.90 Å². The van der Waals surface area contributed by atoms with E-state index in [0.29, 0.717) is 23.6 Å². The second-order valence-corrected chi connectivity index (χ2v) is 10.6. The highest BCUT2D eigenvalue weighted by atomic mass is 32.2. The summed E-state index contributed by atoms with van der Waals surface area (Å²) in [7, 11) is -3.24. The minimum absolute atomic E-state index is 0.177. The lowest BCUT2D eigenvalue weighted by Gasteiger charge is -2.26. The van der Waals surface area contributed by atoms with Crippen molar-refractivity contribution in [2.24, 2.45) is 11.8 Å². The third-order valence-corrected chi connectivity index (χ3v) is 7.53. The van der Waals surface area contributed by atoms with Crippen LogP contribution >= 0.6 is 0 Å². The Bertz CT molecular complexity index is 761. The molecule has 0 spiro atoms. The van der Waals surface area contributed by atoms with Gasteiger partial charge in [-0.3, -0.25) is 4.72 Å². The van der Waals surface area contributed by atoms with Crippen molar-refractivity contribution in [1.29, 1.82) is 0 Å². The number of piperidine rings is 1. The van der Waals surface area contributed by atoms with Crippen molar-refractivity contribution < 1.29 is 13.2 Å². The molecule has 0 amide bonds. The molecule has 0 radical (unpaired) electrons. The van der Waals surface area contributed by atoms with Gasteiger partial charge in [0.05, 0.1) is 19.0 Å². The predicted molar refractivity (Wildman–Crippen MR) is 109 cm³/mol. The van der Waals surface area contributed by atoms with Crippen LogP contribution in [-0.2, 0) is 20.2 Å². The molecule has 1 N–H and O–H groups in total. The van der Waals surface area contributed by atoms with Gasteiger partial charge < -0.3 is 9.64 Å². The first-order valence-corrected chi connectivity index (χ1v) is 12.2. The summed E-state index contributed by atoms with van der Waals surface area (Å²) in [5.74, 6) is 1.33. The highest BCUT2D eigenvalue weighted by Gasteiger charge is 2.65. The molecule has 3 aliphatic rings. The fourth-order valence-corrected chi connectivity index (χ4v) is 5.84. The molecular formula is C21H32N2O3S. The predicted octanol–water partition coefficient (Wildman–Crippen LogP) is 3.23. The summed E-state index contributed by atoms with van der Waals surface area (Å²) in [6, 6.07) is 7.93. The van der Waals surface area contributed by atoms with Crippen molar-refractivity contribution in [3.8, 4) is 0 Å². The summed E-state index contributed by atoms with van der Waals surface area (Å²) < 4.78 is 31.7. The van der Waals surface area contributed by atoms with Crippen molar-refractivity contribution in [3.05, 3.63) is 29.8 Å². The van der Waals surface area contributed by atoms with Crippen LogP contribution in [0.1, 0.15) is 44.6 Å². The Balaban J connectivity index is 1.29. The zero-order valence-corrected chi connectivity index (χ0v) is 17.3. The van der Waals surface area contributed by atoms with E-state index in [1.807, 2.05) is 18.2 Å². The number of ether oxygens (including phenoxy) is 1.